The molecule has 2 aliphatic heterocycles. The molecule has 2 aliphatic rings. The van der Waals surface area contributed by atoms with Crippen LogP contribution in [0, 0.1) is 12.7 Å². The topological polar surface area (TPSA) is 21.1 Å². The van der Waals surface area contributed by atoms with Crippen LogP contribution >= 0.6 is 11.6 Å². The average Bonchev–Trinajstić information content (AvgIpc) is 3.13. The largest absolute Gasteiger partial charge is 0.322 e. The lowest BCUT2D eigenvalue weighted by molar-refractivity contribution is 0.290. The van der Waals surface area contributed by atoms with Gasteiger partial charge in [-0.15, -0.1) is 11.6 Å². The summed E-state index contributed by atoms with van der Waals surface area (Å²) in [4.78, 5) is 7.14. The van der Waals surface area contributed by atoms with Crippen LogP contribution in [0.2, 0.25) is 0 Å². The molecule has 0 radical (unpaired) electrons. The quantitative estimate of drug-likeness (QED) is 0.790. The number of imidazole rings is 1. The number of hydrogen-bond acceptors (Lipinski definition) is 2. The SMILES string of the molecule is Cc1cc2c(cc1F)nc(CCl)n2C1CCN2CCCC12. The van der Waals surface area contributed by atoms with Gasteiger partial charge in [0.2, 0.25) is 0 Å². The molecule has 0 bridgehead atoms. The summed E-state index contributed by atoms with van der Waals surface area (Å²) >= 11 is 6.11. The monoisotopic (exact) mass is 307 g/mol. The van der Waals surface area contributed by atoms with E-state index in [1.54, 1.807) is 6.07 Å². The molecule has 1 aromatic heterocycles. The molecule has 21 heavy (non-hydrogen) atoms. The first-order valence-corrected chi connectivity index (χ1v) is 8.19. The molecule has 0 aliphatic carbocycles. The molecule has 2 atom stereocenters. The van der Waals surface area contributed by atoms with Gasteiger partial charge < -0.3 is 4.57 Å². The Morgan fingerprint density at radius 2 is 2.14 bits per heavy atom. The van der Waals surface area contributed by atoms with Crippen LogP contribution in [0.4, 0.5) is 4.39 Å². The first-order valence-electron chi connectivity index (χ1n) is 7.66. The molecule has 1 aromatic carbocycles. The van der Waals surface area contributed by atoms with E-state index in [2.05, 4.69) is 14.5 Å². The predicted molar refractivity (Wildman–Crippen MR) is 82.2 cm³/mol. The van der Waals surface area contributed by atoms with Crippen molar-refractivity contribution in [2.45, 2.75) is 44.1 Å². The Morgan fingerprint density at radius 3 is 2.95 bits per heavy atom. The fraction of sp³-hybridized carbons (Fsp3) is 0.562. The van der Waals surface area contributed by atoms with Gasteiger partial charge in [0, 0.05) is 18.7 Å². The lowest BCUT2D eigenvalue weighted by Crippen LogP contribution is -2.28. The highest BCUT2D eigenvalue weighted by molar-refractivity contribution is 6.16. The minimum Gasteiger partial charge on any atom is -0.322 e. The predicted octanol–water partition coefficient (Wildman–Crippen LogP) is 3.63. The maximum atomic E-state index is 13.8. The van der Waals surface area contributed by atoms with E-state index < -0.39 is 0 Å². The zero-order chi connectivity index (χ0) is 14.6. The van der Waals surface area contributed by atoms with Crippen LogP contribution in [0.5, 0.6) is 0 Å². The molecule has 3 nitrogen and oxygen atoms in total. The van der Waals surface area contributed by atoms with E-state index in [1.807, 2.05) is 13.0 Å². The third-order valence-electron chi connectivity index (χ3n) is 5.06. The van der Waals surface area contributed by atoms with Crippen LogP contribution in [0.1, 0.15) is 36.7 Å². The third kappa shape index (κ3) is 2.00. The molecule has 0 spiro atoms. The van der Waals surface area contributed by atoms with Gasteiger partial charge >= 0.3 is 0 Å². The van der Waals surface area contributed by atoms with Gasteiger partial charge in [-0.05, 0) is 44.4 Å². The molecule has 4 rings (SSSR count). The number of benzene rings is 1. The van der Waals surface area contributed by atoms with Gasteiger partial charge in [-0.2, -0.15) is 0 Å². The van der Waals surface area contributed by atoms with Gasteiger partial charge in [-0.3, -0.25) is 4.90 Å². The van der Waals surface area contributed by atoms with Crippen molar-refractivity contribution in [2.24, 2.45) is 0 Å². The van der Waals surface area contributed by atoms with Gasteiger partial charge in [0.1, 0.15) is 11.6 Å². The fourth-order valence-electron chi connectivity index (χ4n) is 4.09. The maximum absolute atomic E-state index is 13.8. The Bertz CT molecular complexity index is 696. The average molecular weight is 308 g/mol. The highest BCUT2D eigenvalue weighted by Gasteiger charge is 2.39. The van der Waals surface area contributed by atoms with Crippen LogP contribution in [-0.4, -0.2) is 33.6 Å². The maximum Gasteiger partial charge on any atom is 0.128 e. The Balaban J connectivity index is 1.88. The molecule has 3 heterocycles. The number of nitrogens with zero attached hydrogens (tertiary/aromatic N) is 3. The number of hydrogen-bond donors (Lipinski definition) is 0. The third-order valence-corrected chi connectivity index (χ3v) is 5.30. The van der Waals surface area contributed by atoms with Crippen molar-refractivity contribution < 1.29 is 4.39 Å². The number of rotatable bonds is 2. The van der Waals surface area contributed by atoms with Crippen molar-refractivity contribution in [3.63, 3.8) is 0 Å². The summed E-state index contributed by atoms with van der Waals surface area (Å²) in [5, 5.41) is 0. The number of aromatic nitrogens is 2. The van der Waals surface area contributed by atoms with Crippen LogP contribution in [0.3, 0.4) is 0 Å². The Hall–Kier alpha value is -1.13. The Kier molecular flexibility index (Phi) is 3.19. The highest BCUT2D eigenvalue weighted by atomic mass is 35.5. The van der Waals surface area contributed by atoms with Crippen LogP contribution in [0.25, 0.3) is 11.0 Å². The summed E-state index contributed by atoms with van der Waals surface area (Å²) in [7, 11) is 0. The molecule has 2 unspecified atom stereocenters. The first-order chi connectivity index (χ1) is 10.2. The molecular formula is C16H19ClFN3. The van der Waals surface area contributed by atoms with Crippen molar-refractivity contribution in [1.29, 1.82) is 0 Å². The summed E-state index contributed by atoms with van der Waals surface area (Å²) in [6.07, 6.45) is 3.65. The summed E-state index contributed by atoms with van der Waals surface area (Å²) in [5.41, 5.74) is 2.43. The fourth-order valence-corrected chi connectivity index (χ4v) is 4.28. The van der Waals surface area contributed by atoms with Crippen LogP contribution in [0.15, 0.2) is 12.1 Å². The summed E-state index contributed by atoms with van der Waals surface area (Å²) < 4.78 is 16.1. The van der Waals surface area contributed by atoms with Gasteiger partial charge in [-0.1, -0.05) is 0 Å². The van der Waals surface area contributed by atoms with Crippen molar-refractivity contribution in [3.05, 3.63) is 29.3 Å². The second-order valence-corrected chi connectivity index (χ2v) is 6.49. The Morgan fingerprint density at radius 1 is 1.29 bits per heavy atom. The van der Waals surface area contributed by atoms with E-state index in [4.69, 9.17) is 11.6 Å². The standard InChI is InChI=1S/C16H19ClFN3/c1-10-7-15-12(8-11(10)18)19-16(9-17)21(15)14-4-6-20-5-2-3-13(14)20/h7-8,13-14H,2-6,9H2,1H3. The summed E-state index contributed by atoms with van der Waals surface area (Å²) in [6.45, 7) is 4.16. The lowest BCUT2D eigenvalue weighted by atomic mass is 10.1. The normalized spacial score (nSPS) is 25.9. The van der Waals surface area contributed by atoms with Gasteiger partial charge in [0.25, 0.3) is 0 Å². The smallest absolute Gasteiger partial charge is 0.128 e. The van der Waals surface area contributed by atoms with Crippen molar-refractivity contribution in [2.75, 3.05) is 13.1 Å². The summed E-state index contributed by atoms with van der Waals surface area (Å²) in [5.74, 6) is 1.05. The molecule has 2 saturated heterocycles. The first kappa shape index (κ1) is 13.5. The zero-order valence-electron chi connectivity index (χ0n) is 12.1. The minimum absolute atomic E-state index is 0.192. The second-order valence-electron chi connectivity index (χ2n) is 6.22. The van der Waals surface area contributed by atoms with E-state index in [0.717, 1.165) is 29.8 Å². The van der Waals surface area contributed by atoms with Gasteiger partial charge in [-0.25, -0.2) is 9.37 Å². The van der Waals surface area contributed by atoms with Crippen LogP contribution in [-0.2, 0) is 5.88 Å². The number of aryl methyl sites for hydroxylation is 1. The highest BCUT2D eigenvalue weighted by Crippen LogP contribution is 2.39. The Labute approximate surface area is 128 Å². The lowest BCUT2D eigenvalue weighted by Gasteiger charge is -2.23. The molecule has 2 fully saturated rings. The van der Waals surface area contributed by atoms with E-state index in [9.17, 15) is 4.39 Å². The molecule has 0 N–H and O–H groups in total. The van der Waals surface area contributed by atoms with Crippen LogP contribution < -0.4 is 0 Å². The van der Waals surface area contributed by atoms with E-state index in [-0.39, 0.29) is 5.82 Å². The van der Waals surface area contributed by atoms with E-state index in [0.29, 0.717) is 23.5 Å². The minimum atomic E-state index is -0.192. The second kappa shape index (κ2) is 4.96. The molecule has 2 aromatic rings. The molecule has 0 saturated carbocycles. The number of halogens is 2. The van der Waals surface area contributed by atoms with E-state index >= 15 is 0 Å². The van der Waals surface area contributed by atoms with Crippen molar-refractivity contribution >= 4 is 22.6 Å². The van der Waals surface area contributed by atoms with Gasteiger partial charge in [0.15, 0.2) is 0 Å². The molecule has 5 heteroatoms. The molecular weight excluding hydrogens is 289 g/mol. The zero-order valence-corrected chi connectivity index (χ0v) is 12.9. The van der Waals surface area contributed by atoms with Gasteiger partial charge in [0.05, 0.1) is 23.0 Å². The molecule has 0 amide bonds. The van der Waals surface area contributed by atoms with Crippen molar-refractivity contribution in [3.8, 4) is 0 Å². The summed E-state index contributed by atoms with van der Waals surface area (Å²) in [6, 6.07) is 4.48. The number of fused-ring (bicyclic) bond motifs is 2. The molecule has 112 valence electrons. The van der Waals surface area contributed by atoms with E-state index in [1.165, 1.54) is 19.4 Å². The number of alkyl halides is 1. The van der Waals surface area contributed by atoms with Crippen molar-refractivity contribution in [1.82, 2.24) is 14.5 Å².